The third-order valence-corrected chi connectivity index (χ3v) is 5.76. The van der Waals surface area contributed by atoms with Gasteiger partial charge in [0.25, 0.3) is 0 Å². The highest BCUT2D eigenvalue weighted by Crippen LogP contribution is 2.55. The normalized spacial score (nSPS) is 29.9. The smallest absolute Gasteiger partial charge is 0.202 e. The van der Waals surface area contributed by atoms with E-state index in [0.717, 1.165) is 22.4 Å². The van der Waals surface area contributed by atoms with Crippen LogP contribution in [0.2, 0.25) is 5.02 Å². The van der Waals surface area contributed by atoms with Crippen LogP contribution in [0.15, 0.2) is 24.3 Å². The number of nitrogens with zero attached hydrogens (tertiary/aromatic N) is 2. The summed E-state index contributed by atoms with van der Waals surface area (Å²) in [7, 11) is 0. The summed E-state index contributed by atoms with van der Waals surface area (Å²) in [5.41, 5.74) is 7.63. The van der Waals surface area contributed by atoms with Crippen LogP contribution in [-0.4, -0.2) is 21.4 Å². The molecule has 0 amide bonds. The van der Waals surface area contributed by atoms with E-state index < -0.39 is 0 Å². The first-order chi connectivity index (χ1) is 10.6. The molecule has 0 bridgehead atoms. The highest BCUT2D eigenvalue weighted by Gasteiger charge is 2.51. The van der Waals surface area contributed by atoms with Gasteiger partial charge in [-0.15, -0.1) is 0 Å². The predicted octanol–water partition coefficient (Wildman–Crippen LogP) is 3.46. The third kappa shape index (κ3) is 2.85. The Morgan fingerprint density at radius 1 is 1.23 bits per heavy atom. The van der Waals surface area contributed by atoms with E-state index in [9.17, 15) is 0 Å². The van der Waals surface area contributed by atoms with Crippen LogP contribution in [0.25, 0.3) is 0 Å². The van der Waals surface area contributed by atoms with Crippen molar-refractivity contribution in [2.45, 2.75) is 44.2 Å². The molecular weight excluding hydrogens is 316 g/mol. The second kappa shape index (κ2) is 5.48. The Morgan fingerprint density at radius 3 is 2.64 bits per heavy atom. The van der Waals surface area contributed by atoms with Gasteiger partial charge in [-0.25, -0.2) is 4.98 Å². The summed E-state index contributed by atoms with van der Waals surface area (Å²) in [6.45, 7) is 0. The average Bonchev–Trinajstić information content (AvgIpc) is 2.85. The van der Waals surface area contributed by atoms with Crippen LogP contribution >= 0.6 is 23.1 Å². The van der Waals surface area contributed by atoms with Crippen molar-refractivity contribution in [3.8, 4) is 0 Å². The molecule has 1 heterocycles. The predicted molar refractivity (Wildman–Crippen MR) is 90.5 cm³/mol. The molecule has 6 heteroatoms. The van der Waals surface area contributed by atoms with Crippen LogP contribution in [0.4, 0.5) is 5.13 Å². The van der Waals surface area contributed by atoms with E-state index in [1.54, 1.807) is 0 Å². The highest BCUT2D eigenvalue weighted by atomic mass is 35.5. The summed E-state index contributed by atoms with van der Waals surface area (Å²) in [4.78, 5) is 4.59. The molecule has 2 aliphatic carbocycles. The quantitative estimate of drug-likeness (QED) is 0.898. The lowest BCUT2D eigenvalue weighted by atomic mass is 9.52. The second-order valence-corrected chi connectivity index (χ2v) is 7.93. The zero-order valence-corrected chi connectivity index (χ0v) is 13.8. The Balaban J connectivity index is 1.31. The van der Waals surface area contributed by atoms with Crippen LogP contribution < -0.4 is 11.1 Å². The van der Waals surface area contributed by atoms with E-state index in [4.69, 9.17) is 17.3 Å². The number of benzene rings is 1. The number of halogens is 1. The zero-order valence-electron chi connectivity index (χ0n) is 12.3. The van der Waals surface area contributed by atoms with Crippen LogP contribution in [0, 0.1) is 5.41 Å². The maximum absolute atomic E-state index is 5.90. The number of rotatable bonds is 4. The zero-order chi connectivity index (χ0) is 15.2. The third-order valence-electron chi connectivity index (χ3n) is 4.82. The van der Waals surface area contributed by atoms with E-state index in [1.807, 2.05) is 24.3 Å². The van der Waals surface area contributed by atoms with E-state index in [0.29, 0.717) is 17.5 Å². The number of nitrogens with two attached hydrogens (primary N) is 1. The van der Waals surface area contributed by atoms with E-state index in [-0.39, 0.29) is 0 Å². The lowest BCUT2D eigenvalue weighted by Crippen LogP contribution is -2.57. The van der Waals surface area contributed by atoms with Crippen molar-refractivity contribution < 1.29 is 0 Å². The van der Waals surface area contributed by atoms with Crippen molar-refractivity contribution in [1.29, 1.82) is 0 Å². The molecule has 0 saturated heterocycles. The van der Waals surface area contributed by atoms with Gasteiger partial charge in [0.15, 0.2) is 0 Å². The molecule has 0 radical (unpaired) electrons. The lowest BCUT2D eigenvalue weighted by molar-refractivity contribution is 0.00121. The molecule has 1 aromatic heterocycles. The Morgan fingerprint density at radius 2 is 1.95 bits per heavy atom. The topological polar surface area (TPSA) is 63.8 Å². The fraction of sp³-hybridized carbons (Fsp3) is 0.500. The van der Waals surface area contributed by atoms with Gasteiger partial charge in [-0.05, 0) is 48.8 Å². The Bertz CT molecular complexity index is 655. The summed E-state index contributed by atoms with van der Waals surface area (Å²) in [5.74, 6) is 0.870. The summed E-state index contributed by atoms with van der Waals surface area (Å²) in [6.07, 6.45) is 5.60. The van der Waals surface area contributed by atoms with Crippen molar-refractivity contribution in [3.05, 3.63) is 40.7 Å². The molecule has 2 fully saturated rings. The average molecular weight is 335 g/mol. The van der Waals surface area contributed by atoms with Crippen LogP contribution in [-0.2, 0) is 6.42 Å². The Hall–Kier alpha value is -1.17. The molecule has 4 nitrogen and oxygen atoms in total. The van der Waals surface area contributed by atoms with E-state index in [2.05, 4.69) is 14.7 Å². The van der Waals surface area contributed by atoms with Crippen molar-refractivity contribution in [2.75, 3.05) is 5.32 Å². The first-order valence-electron chi connectivity index (χ1n) is 7.69. The van der Waals surface area contributed by atoms with Gasteiger partial charge in [0.1, 0.15) is 5.82 Å². The first kappa shape index (κ1) is 14.4. The Kier molecular flexibility index (Phi) is 3.59. The molecule has 2 saturated carbocycles. The number of aromatic nitrogens is 2. The fourth-order valence-electron chi connectivity index (χ4n) is 3.82. The molecule has 4 rings (SSSR count). The van der Waals surface area contributed by atoms with Crippen molar-refractivity contribution in [2.24, 2.45) is 11.1 Å². The SMILES string of the molecule is NC1CC2(C1)CC(Nc1nc(Cc3ccc(Cl)cc3)ns1)C2. The summed E-state index contributed by atoms with van der Waals surface area (Å²) in [5, 5.41) is 5.21. The van der Waals surface area contributed by atoms with Gasteiger partial charge in [-0.3, -0.25) is 0 Å². The maximum atomic E-state index is 5.90. The molecule has 0 unspecified atom stereocenters. The number of anilines is 1. The molecule has 116 valence electrons. The van der Waals surface area contributed by atoms with E-state index >= 15 is 0 Å². The standard InChI is InChI=1S/C16H19ClN4S/c17-11-3-1-10(2-4-11)5-14-20-15(22-21-14)19-13-8-16(9-13)6-12(18)7-16/h1-4,12-13H,5-9,18H2,(H,19,20,21). The lowest BCUT2D eigenvalue weighted by Gasteiger charge is -2.56. The molecule has 3 N–H and O–H groups in total. The number of hydrogen-bond acceptors (Lipinski definition) is 5. The van der Waals surface area contributed by atoms with Crippen molar-refractivity contribution in [1.82, 2.24) is 9.36 Å². The monoisotopic (exact) mass is 334 g/mol. The summed E-state index contributed by atoms with van der Waals surface area (Å²) in [6, 6.07) is 8.83. The van der Waals surface area contributed by atoms with Crippen LogP contribution in [0.5, 0.6) is 0 Å². The maximum Gasteiger partial charge on any atom is 0.202 e. The minimum atomic E-state index is 0.438. The second-order valence-electron chi connectivity index (χ2n) is 6.74. The molecule has 1 aromatic carbocycles. The van der Waals surface area contributed by atoms with Crippen molar-refractivity contribution >= 4 is 28.3 Å². The van der Waals surface area contributed by atoms with Gasteiger partial charge in [-0.1, -0.05) is 23.7 Å². The summed E-state index contributed by atoms with van der Waals surface area (Å²) >= 11 is 7.35. The number of hydrogen-bond donors (Lipinski definition) is 2. The van der Waals surface area contributed by atoms with E-state index in [1.165, 1.54) is 42.8 Å². The van der Waals surface area contributed by atoms with Crippen molar-refractivity contribution in [3.63, 3.8) is 0 Å². The largest absolute Gasteiger partial charge is 0.358 e. The van der Waals surface area contributed by atoms with Gasteiger partial charge in [0.2, 0.25) is 5.13 Å². The summed E-state index contributed by atoms with van der Waals surface area (Å²) < 4.78 is 4.44. The van der Waals surface area contributed by atoms with Gasteiger partial charge >= 0.3 is 0 Å². The molecule has 22 heavy (non-hydrogen) atoms. The first-order valence-corrected chi connectivity index (χ1v) is 8.85. The van der Waals surface area contributed by atoms with Gasteiger partial charge in [0, 0.05) is 35.1 Å². The molecule has 0 aliphatic heterocycles. The van der Waals surface area contributed by atoms with Gasteiger partial charge in [0.05, 0.1) is 0 Å². The fourth-order valence-corrected chi connectivity index (χ4v) is 4.61. The molecular formula is C16H19ClN4S. The molecule has 0 atom stereocenters. The van der Waals surface area contributed by atoms with Crippen LogP contribution in [0.3, 0.4) is 0 Å². The van der Waals surface area contributed by atoms with Gasteiger partial charge in [-0.2, -0.15) is 4.37 Å². The minimum Gasteiger partial charge on any atom is -0.358 e. The molecule has 1 spiro atoms. The minimum absolute atomic E-state index is 0.438. The molecule has 2 aliphatic rings. The Labute approximate surface area is 139 Å². The highest BCUT2D eigenvalue weighted by molar-refractivity contribution is 7.09. The molecule has 2 aromatic rings. The number of nitrogens with one attached hydrogen (secondary N) is 1. The van der Waals surface area contributed by atoms with Crippen LogP contribution in [0.1, 0.15) is 37.1 Å². The van der Waals surface area contributed by atoms with Gasteiger partial charge < -0.3 is 11.1 Å².